The minimum Gasteiger partial charge on any atom is -0.496 e. The molecule has 1 aromatic carbocycles. The van der Waals surface area contributed by atoms with Crippen molar-refractivity contribution in [3.05, 3.63) is 29.8 Å². The van der Waals surface area contributed by atoms with Crippen LogP contribution in [0.5, 0.6) is 5.75 Å². The van der Waals surface area contributed by atoms with Gasteiger partial charge in [0.05, 0.1) is 7.11 Å². The van der Waals surface area contributed by atoms with Gasteiger partial charge in [-0.25, -0.2) is 0 Å². The lowest BCUT2D eigenvalue weighted by molar-refractivity contribution is 0.393. The molecule has 0 aliphatic carbocycles. The zero-order valence-electron chi connectivity index (χ0n) is 14.2. The number of rotatable bonds is 12. The fourth-order valence-electron chi connectivity index (χ4n) is 2.87. The molecule has 1 atom stereocenters. The molecule has 1 aromatic rings. The van der Waals surface area contributed by atoms with Gasteiger partial charge in [-0.1, -0.05) is 77.0 Å². The third-order valence-corrected chi connectivity index (χ3v) is 4.06. The normalized spacial score (nSPS) is 12.3. The van der Waals surface area contributed by atoms with Crippen molar-refractivity contribution in [1.29, 1.82) is 0 Å². The second kappa shape index (κ2) is 11.6. The van der Waals surface area contributed by atoms with Crippen LogP contribution in [0.25, 0.3) is 0 Å². The summed E-state index contributed by atoms with van der Waals surface area (Å²) in [5, 5.41) is 3.60. The zero-order chi connectivity index (χ0) is 15.3. The molecule has 0 fully saturated rings. The molecule has 1 unspecified atom stereocenters. The molecule has 0 heterocycles. The average molecular weight is 291 g/mol. The Hall–Kier alpha value is -1.02. The summed E-state index contributed by atoms with van der Waals surface area (Å²) in [7, 11) is 1.76. The van der Waals surface area contributed by atoms with Gasteiger partial charge in [-0.15, -0.1) is 0 Å². The summed E-state index contributed by atoms with van der Waals surface area (Å²) in [4.78, 5) is 0. The molecule has 0 aromatic heterocycles. The summed E-state index contributed by atoms with van der Waals surface area (Å²) in [6, 6.07) is 8.81. The standard InChI is InChI=1S/C19H33NO/c1-4-6-7-8-9-10-11-15-18(20-5-2)17-14-12-13-16-19(17)21-3/h12-14,16,18,20H,4-11,15H2,1-3H3. The van der Waals surface area contributed by atoms with Gasteiger partial charge in [0.15, 0.2) is 0 Å². The highest BCUT2D eigenvalue weighted by molar-refractivity contribution is 5.35. The van der Waals surface area contributed by atoms with Gasteiger partial charge in [0.2, 0.25) is 0 Å². The van der Waals surface area contributed by atoms with E-state index in [4.69, 9.17) is 4.74 Å². The van der Waals surface area contributed by atoms with Gasteiger partial charge >= 0.3 is 0 Å². The SMILES string of the molecule is CCCCCCCCCC(NCC)c1ccccc1OC. The monoisotopic (exact) mass is 291 g/mol. The number of benzene rings is 1. The van der Waals surface area contributed by atoms with E-state index in [1.165, 1.54) is 56.9 Å². The summed E-state index contributed by atoms with van der Waals surface area (Å²) >= 11 is 0. The molecule has 2 heteroatoms. The number of unbranched alkanes of at least 4 members (excludes halogenated alkanes) is 6. The molecule has 21 heavy (non-hydrogen) atoms. The van der Waals surface area contributed by atoms with Gasteiger partial charge in [0.25, 0.3) is 0 Å². The van der Waals surface area contributed by atoms with E-state index in [0.29, 0.717) is 6.04 Å². The van der Waals surface area contributed by atoms with Crippen molar-refractivity contribution < 1.29 is 4.74 Å². The fourth-order valence-corrected chi connectivity index (χ4v) is 2.87. The topological polar surface area (TPSA) is 21.3 Å². The van der Waals surface area contributed by atoms with Crippen molar-refractivity contribution in [2.75, 3.05) is 13.7 Å². The van der Waals surface area contributed by atoms with Crippen molar-refractivity contribution >= 4 is 0 Å². The summed E-state index contributed by atoms with van der Waals surface area (Å²) < 4.78 is 5.50. The van der Waals surface area contributed by atoms with E-state index in [1.54, 1.807) is 7.11 Å². The largest absolute Gasteiger partial charge is 0.496 e. The van der Waals surface area contributed by atoms with Crippen LogP contribution in [0.2, 0.25) is 0 Å². The van der Waals surface area contributed by atoms with Crippen LogP contribution >= 0.6 is 0 Å². The Balaban J connectivity index is 2.39. The highest BCUT2D eigenvalue weighted by atomic mass is 16.5. The number of ether oxygens (including phenoxy) is 1. The van der Waals surface area contributed by atoms with Crippen LogP contribution in [0.3, 0.4) is 0 Å². The predicted octanol–water partition coefficient (Wildman–Crippen LogP) is 5.49. The van der Waals surface area contributed by atoms with Gasteiger partial charge in [-0.2, -0.15) is 0 Å². The van der Waals surface area contributed by atoms with Gasteiger partial charge in [-0.3, -0.25) is 0 Å². The number of nitrogens with one attached hydrogen (secondary N) is 1. The van der Waals surface area contributed by atoms with E-state index in [1.807, 2.05) is 6.07 Å². The Kier molecular flexibility index (Phi) is 9.98. The molecule has 0 saturated heterocycles. The predicted molar refractivity (Wildman–Crippen MR) is 92.0 cm³/mol. The molecule has 0 spiro atoms. The molecule has 2 nitrogen and oxygen atoms in total. The van der Waals surface area contributed by atoms with E-state index in [9.17, 15) is 0 Å². The third-order valence-electron chi connectivity index (χ3n) is 4.06. The van der Waals surface area contributed by atoms with Crippen LogP contribution in [-0.4, -0.2) is 13.7 Å². The quantitative estimate of drug-likeness (QED) is 0.514. The van der Waals surface area contributed by atoms with Crippen LogP contribution in [0.15, 0.2) is 24.3 Å². The first-order valence-electron chi connectivity index (χ1n) is 8.69. The zero-order valence-corrected chi connectivity index (χ0v) is 14.2. The van der Waals surface area contributed by atoms with Crippen molar-refractivity contribution in [2.24, 2.45) is 0 Å². The van der Waals surface area contributed by atoms with Crippen LogP contribution in [0, 0.1) is 0 Å². The van der Waals surface area contributed by atoms with Crippen LogP contribution in [0.1, 0.15) is 76.8 Å². The number of hydrogen-bond donors (Lipinski definition) is 1. The maximum absolute atomic E-state index is 5.50. The third kappa shape index (κ3) is 6.99. The second-order valence-corrected chi connectivity index (χ2v) is 5.76. The molecule has 0 radical (unpaired) electrons. The lowest BCUT2D eigenvalue weighted by Gasteiger charge is -2.20. The molecule has 1 rings (SSSR count). The summed E-state index contributed by atoms with van der Waals surface area (Å²) in [6.45, 7) is 5.45. The van der Waals surface area contributed by atoms with E-state index in [2.05, 4.69) is 37.4 Å². The van der Waals surface area contributed by atoms with Gasteiger partial charge in [0, 0.05) is 11.6 Å². The van der Waals surface area contributed by atoms with Gasteiger partial charge in [0.1, 0.15) is 5.75 Å². The molecule has 0 aliphatic rings. The molecule has 0 bridgehead atoms. The van der Waals surface area contributed by atoms with E-state index < -0.39 is 0 Å². The summed E-state index contributed by atoms with van der Waals surface area (Å²) in [5.41, 5.74) is 1.30. The van der Waals surface area contributed by atoms with E-state index in [0.717, 1.165) is 12.3 Å². The minimum atomic E-state index is 0.418. The minimum absolute atomic E-state index is 0.418. The first kappa shape index (κ1) is 18.0. The average Bonchev–Trinajstić information content (AvgIpc) is 2.53. The fraction of sp³-hybridized carbons (Fsp3) is 0.684. The molecular weight excluding hydrogens is 258 g/mol. The molecule has 1 N–H and O–H groups in total. The highest BCUT2D eigenvalue weighted by Gasteiger charge is 2.14. The van der Waals surface area contributed by atoms with Crippen LogP contribution < -0.4 is 10.1 Å². The maximum atomic E-state index is 5.50. The lowest BCUT2D eigenvalue weighted by atomic mass is 9.98. The summed E-state index contributed by atoms with van der Waals surface area (Å²) in [6.07, 6.45) is 10.7. The highest BCUT2D eigenvalue weighted by Crippen LogP contribution is 2.28. The van der Waals surface area contributed by atoms with Crippen molar-refractivity contribution in [2.45, 2.75) is 71.3 Å². The first-order chi connectivity index (χ1) is 10.3. The molecule has 0 amide bonds. The smallest absolute Gasteiger partial charge is 0.123 e. The second-order valence-electron chi connectivity index (χ2n) is 5.76. The lowest BCUT2D eigenvalue weighted by Crippen LogP contribution is -2.21. The van der Waals surface area contributed by atoms with Gasteiger partial charge in [-0.05, 0) is 19.0 Å². The Morgan fingerprint density at radius 3 is 2.29 bits per heavy atom. The Morgan fingerprint density at radius 2 is 1.62 bits per heavy atom. The maximum Gasteiger partial charge on any atom is 0.123 e. The molecule has 0 saturated carbocycles. The Bertz CT molecular complexity index is 364. The van der Waals surface area contributed by atoms with Crippen molar-refractivity contribution in [3.63, 3.8) is 0 Å². The molecule has 120 valence electrons. The number of hydrogen-bond acceptors (Lipinski definition) is 2. The van der Waals surface area contributed by atoms with E-state index in [-0.39, 0.29) is 0 Å². The van der Waals surface area contributed by atoms with Crippen molar-refractivity contribution in [3.8, 4) is 5.75 Å². The van der Waals surface area contributed by atoms with Crippen LogP contribution in [-0.2, 0) is 0 Å². The number of para-hydroxylation sites is 1. The van der Waals surface area contributed by atoms with Gasteiger partial charge < -0.3 is 10.1 Å². The molecule has 0 aliphatic heterocycles. The van der Waals surface area contributed by atoms with Crippen molar-refractivity contribution in [1.82, 2.24) is 5.32 Å². The van der Waals surface area contributed by atoms with E-state index >= 15 is 0 Å². The first-order valence-corrected chi connectivity index (χ1v) is 8.69. The Morgan fingerprint density at radius 1 is 0.952 bits per heavy atom. The number of methoxy groups -OCH3 is 1. The summed E-state index contributed by atoms with van der Waals surface area (Å²) in [5.74, 6) is 1.01. The van der Waals surface area contributed by atoms with Crippen LogP contribution in [0.4, 0.5) is 0 Å². The Labute approximate surface area is 131 Å². The molecular formula is C19H33NO.